The minimum absolute atomic E-state index is 0.718. The molecule has 92 valence electrons. The summed E-state index contributed by atoms with van der Waals surface area (Å²) >= 11 is 0. The quantitative estimate of drug-likeness (QED) is 0.642. The van der Waals surface area contributed by atoms with Crippen LogP contribution in [0.3, 0.4) is 0 Å². The smallest absolute Gasteiger partial charge is 0.0906 e. The van der Waals surface area contributed by atoms with Gasteiger partial charge in [0, 0.05) is 30.8 Å². The van der Waals surface area contributed by atoms with Crippen molar-refractivity contribution < 1.29 is 5.21 Å². The Balaban J connectivity index is 2.22. The highest BCUT2D eigenvalue weighted by molar-refractivity contribution is 6.06. The molecule has 1 aliphatic rings. The number of nitrogens with zero attached hydrogens (tertiary/aromatic N) is 2. The predicted molar refractivity (Wildman–Crippen MR) is 71.1 cm³/mol. The Morgan fingerprint density at radius 1 is 1.35 bits per heavy atom. The number of fused-ring (bicyclic) bond motifs is 1. The van der Waals surface area contributed by atoms with Crippen molar-refractivity contribution >= 4 is 11.4 Å². The average molecular weight is 232 g/mol. The van der Waals surface area contributed by atoms with Crippen LogP contribution in [-0.2, 0) is 0 Å². The summed E-state index contributed by atoms with van der Waals surface area (Å²) in [6, 6.07) is 8.18. The van der Waals surface area contributed by atoms with Gasteiger partial charge in [0.05, 0.1) is 5.71 Å². The molecule has 1 aliphatic heterocycles. The second-order valence-electron chi connectivity index (χ2n) is 4.98. The topological polar surface area (TPSA) is 35.8 Å². The zero-order chi connectivity index (χ0) is 12.3. The summed E-state index contributed by atoms with van der Waals surface area (Å²) in [4.78, 5) is 2.39. The van der Waals surface area contributed by atoms with Crippen molar-refractivity contribution in [2.24, 2.45) is 11.1 Å². The maximum atomic E-state index is 9.01. The van der Waals surface area contributed by atoms with Crippen LogP contribution in [0.15, 0.2) is 29.4 Å². The van der Waals surface area contributed by atoms with Crippen LogP contribution in [0.25, 0.3) is 0 Å². The van der Waals surface area contributed by atoms with Gasteiger partial charge in [0.15, 0.2) is 0 Å². The normalized spacial score (nSPS) is 17.6. The van der Waals surface area contributed by atoms with Crippen molar-refractivity contribution in [3.8, 4) is 0 Å². The van der Waals surface area contributed by atoms with Crippen LogP contribution in [0.1, 0.15) is 32.3 Å². The number of rotatable bonds is 3. The third-order valence-electron chi connectivity index (χ3n) is 3.27. The van der Waals surface area contributed by atoms with Gasteiger partial charge in [-0.1, -0.05) is 37.2 Å². The molecule has 0 fully saturated rings. The molecule has 0 bridgehead atoms. The number of benzene rings is 1. The highest BCUT2D eigenvalue weighted by atomic mass is 16.4. The van der Waals surface area contributed by atoms with Crippen LogP contribution in [0, 0.1) is 5.92 Å². The van der Waals surface area contributed by atoms with Crippen LogP contribution in [0.2, 0.25) is 0 Å². The number of anilines is 1. The van der Waals surface area contributed by atoms with E-state index in [-0.39, 0.29) is 0 Å². The molecule has 2 rings (SSSR count). The van der Waals surface area contributed by atoms with Gasteiger partial charge in [0.25, 0.3) is 0 Å². The van der Waals surface area contributed by atoms with Crippen molar-refractivity contribution in [3.63, 3.8) is 0 Å². The van der Waals surface area contributed by atoms with Gasteiger partial charge in [-0.3, -0.25) is 0 Å². The number of para-hydroxylation sites is 1. The third-order valence-corrected chi connectivity index (χ3v) is 3.27. The van der Waals surface area contributed by atoms with Crippen LogP contribution in [0.5, 0.6) is 0 Å². The number of hydrogen-bond donors (Lipinski definition) is 1. The molecule has 1 aromatic rings. The molecule has 1 heterocycles. The Bertz CT molecular complexity index is 412. The summed E-state index contributed by atoms with van der Waals surface area (Å²) < 4.78 is 0. The van der Waals surface area contributed by atoms with Gasteiger partial charge in [-0.25, -0.2) is 0 Å². The van der Waals surface area contributed by atoms with Gasteiger partial charge in [-0.15, -0.1) is 0 Å². The molecule has 0 amide bonds. The van der Waals surface area contributed by atoms with Gasteiger partial charge >= 0.3 is 0 Å². The van der Waals surface area contributed by atoms with E-state index in [1.165, 1.54) is 12.1 Å². The van der Waals surface area contributed by atoms with E-state index < -0.39 is 0 Å². The van der Waals surface area contributed by atoms with Crippen LogP contribution < -0.4 is 4.90 Å². The standard InChI is InChI=1S/C14H20N2O/c1-11(2)7-9-16-10-8-13(15-17)12-5-3-4-6-14(12)16/h3-6,11,17H,7-10H2,1-2H3. The fraction of sp³-hybridized carbons (Fsp3) is 0.500. The Hall–Kier alpha value is -1.51. The summed E-state index contributed by atoms with van der Waals surface area (Å²) in [6.07, 6.45) is 2.02. The number of hydrogen-bond acceptors (Lipinski definition) is 3. The molecule has 0 unspecified atom stereocenters. The second kappa shape index (κ2) is 5.21. The SMILES string of the molecule is CC(C)CCN1CCC(=NO)c2ccccc21. The molecule has 3 nitrogen and oxygen atoms in total. The zero-order valence-electron chi connectivity index (χ0n) is 10.6. The first-order valence-corrected chi connectivity index (χ1v) is 6.27. The third kappa shape index (κ3) is 2.60. The summed E-state index contributed by atoms with van der Waals surface area (Å²) in [5.41, 5.74) is 3.08. The zero-order valence-corrected chi connectivity index (χ0v) is 10.6. The summed E-state index contributed by atoms with van der Waals surface area (Å²) in [7, 11) is 0. The molecule has 0 atom stereocenters. The molecular weight excluding hydrogens is 212 g/mol. The first kappa shape index (κ1) is 12.0. The molecule has 1 N–H and O–H groups in total. The molecule has 0 aromatic heterocycles. The van der Waals surface area contributed by atoms with Crippen LogP contribution in [-0.4, -0.2) is 24.0 Å². The van der Waals surface area contributed by atoms with Crippen molar-refractivity contribution in [1.29, 1.82) is 0 Å². The highest BCUT2D eigenvalue weighted by Crippen LogP contribution is 2.27. The lowest BCUT2D eigenvalue weighted by molar-refractivity contribution is 0.317. The maximum absolute atomic E-state index is 9.01. The molecule has 1 aromatic carbocycles. The minimum Gasteiger partial charge on any atom is -0.411 e. The van der Waals surface area contributed by atoms with Crippen molar-refractivity contribution in [3.05, 3.63) is 29.8 Å². The Morgan fingerprint density at radius 3 is 2.82 bits per heavy atom. The van der Waals surface area contributed by atoms with E-state index in [1.54, 1.807) is 0 Å². The van der Waals surface area contributed by atoms with E-state index >= 15 is 0 Å². The lowest BCUT2D eigenvalue weighted by Crippen LogP contribution is -2.33. The molecule has 0 radical (unpaired) electrons. The van der Waals surface area contributed by atoms with E-state index in [0.29, 0.717) is 0 Å². The Morgan fingerprint density at radius 2 is 2.12 bits per heavy atom. The van der Waals surface area contributed by atoms with Crippen molar-refractivity contribution in [2.75, 3.05) is 18.0 Å². The molecule has 0 spiro atoms. The van der Waals surface area contributed by atoms with Crippen LogP contribution in [0.4, 0.5) is 5.69 Å². The predicted octanol–water partition coefficient (Wildman–Crippen LogP) is 3.12. The Labute approximate surface area is 103 Å². The summed E-state index contributed by atoms with van der Waals surface area (Å²) in [5, 5.41) is 12.4. The fourth-order valence-electron chi connectivity index (χ4n) is 2.24. The van der Waals surface area contributed by atoms with E-state index in [1.807, 2.05) is 18.2 Å². The van der Waals surface area contributed by atoms with Crippen LogP contribution >= 0.6 is 0 Å². The Kier molecular flexibility index (Phi) is 3.67. The van der Waals surface area contributed by atoms with Crippen molar-refractivity contribution in [2.45, 2.75) is 26.7 Å². The second-order valence-corrected chi connectivity index (χ2v) is 4.98. The van der Waals surface area contributed by atoms with Gasteiger partial charge in [0.2, 0.25) is 0 Å². The van der Waals surface area contributed by atoms with E-state index in [9.17, 15) is 0 Å². The first-order valence-electron chi connectivity index (χ1n) is 6.27. The van der Waals surface area contributed by atoms with E-state index in [2.05, 4.69) is 30.0 Å². The lowest BCUT2D eigenvalue weighted by atomic mass is 9.99. The van der Waals surface area contributed by atoms with E-state index in [4.69, 9.17) is 5.21 Å². The van der Waals surface area contributed by atoms with Gasteiger partial charge in [0.1, 0.15) is 0 Å². The molecule has 17 heavy (non-hydrogen) atoms. The monoisotopic (exact) mass is 232 g/mol. The fourth-order valence-corrected chi connectivity index (χ4v) is 2.24. The summed E-state index contributed by atoms with van der Waals surface area (Å²) in [5.74, 6) is 0.718. The van der Waals surface area contributed by atoms with E-state index in [0.717, 1.165) is 36.7 Å². The number of oxime groups is 1. The molecule has 0 aliphatic carbocycles. The lowest BCUT2D eigenvalue weighted by Gasteiger charge is -2.32. The van der Waals surface area contributed by atoms with Gasteiger partial charge in [-0.2, -0.15) is 0 Å². The molecule has 0 saturated carbocycles. The highest BCUT2D eigenvalue weighted by Gasteiger charge is 2.21. The molecule has 0 saturated heterocycles. The summed E-state index contributed by atoms with van der Waals surface area (Å²) in [6.45, 7) is 6.52. The molecular formula is C14H20N2O. The minimum atomic E-state index is 0.718. The van der Waals surface area contributed by atoms with Gasteiger partial charge < -0.3 is 10.1 Å². The van der Waals surface area contributed by atoms with Crippen molar-refractivity contribution in [1.82, 2.24) is 0 Å². The molecule has 3 heteroatoms. The van der Waals surface area contributed by atoms with Gasteiger partial charge in [-0.05, 0) is 18.4 Å². The first-order chi connectivity index (χ1) is 8.22. The largest absolute Gasteiger partial charge is 0.411 e. The average Bonchev–Trinajstić information content (AvgIpc) is 2.35. The maximum Gasteiger partial charge on any atom is 0.0906 e.